The van der Waals surface area contributed by atoms with Crippen molar-refractivity contribution in [1.29, 1.82) is 0 Å². The Morgan fingerprint density at radius 3 is 2.63 bits per heavy atom. The van der Waals surface area contributed by atoms with Gasteiger partial charge in [0.05, 0.1) is 18.2 Å². The van der Waals surface area contributed by atoms with Crippen molar-refractivity contribution in [3.05, 3.63) is 58.4 Å². The summed E-state index contributed by atoms with van der Waals surface area (Å²) in [7, 11) is 0. The fourth-order valence-corrected chi connectivity index (χ4v) is 4.61. The number of fused-ring (bicyclic) bond motifs is 1. The van der Waals surface area contributed by atoms with Crippen molar-refractivity contribution in [3.8, 4) is 22.9 Å². The van der Waals surface area contributed by atoms with E-state index in [1.165, 1.54) is 5.56 Å². The van der Waals surface area contributed by atoms with Gasteiger partial charge in [-0.25, -0.2) is 0 Å². The Morgan fingerprint density at radius 1 is 1.06 bits per heavy atom. The zero-order valence-corrected chi connectivity index (χ0v) is 20.6. The first-order valence-corrected chi connectivity index (χ1v) is 12.4. The van der Waals surface area contributed by atoms with Crippen molar-refractivity contribution < 1.29 is 18.8 Å². The molecule has 184 valence electrons. The molecular formula is C26H29ClN4O4. The number of rotatable bonds is 6. The van der Waals surface area contributed by atoms with Crippen LogP contribution in [0.5, 0.6) is 11.5 Å². The molecule has 3 heterocycles. The lowest BCUT2D eigenvalue weighted by molar-refractivity contribution is 0.0635. The summed E-state index contributed by atoms with van der Waals surface area (Å²) >= 11 is 6.38. The first kappa shape index (κ1) is 23.6. The van der Waals surface area contributed by atoms with E-state index in [2.05, 4.69) is 22.0 Å². The number of halogens is 1. The van der Waals surface area contributed by atoms with Crippen LogP contribution in [0.1, 0.15) is 34.7 Å². The number of hydrogen-bond acceptors (Lipinski definition) is 7. The Bertz CT molecular complexity index is 1170. The van der Waals surface area contributed by atoms with Crippen LogP contribution in [0.2, 0.25) is 5.02 Å². The molecule has 1 saturated heterocycles. The molecule has 2 aliphatic rings. The summed E-state index contributed by atoms with van der Waals surface area (Å²) in [5.74, 6) is 2.32. The van der Waals surface area contributed by atoms with Crippen molar-refractivity contribution in [2.75, 3.05) is 45.9 Å². The largest absolute Gasteiger partial charge is 0.489 e. The molecule has 2 aliphatic heterocycles. The number of carbonyl (C=O) groups excluding carboxylic acids is 1. The number of carbonyl (C=O) groups is 1. The number of hydrogen-bond donors (Lipinski definition) is 0. The van der Waals surface area contributed by atoms with Crippen LogP contribution in [0.3, 0.4) is 0 Å². The zero-order valence-electron chi connectivity index (χ0n) is 19.8. The second-order valence-corrected chi connectivity index (χ2v) is 9.36. The maximum atomic E-state index is 13.1. The Hall–Kier alpha value is -3.10. The molecular weight excluding hydrogens is 468 g/mol. The van der Waals surface area contributed by atoms with Crippen molar-refractivity contribution >= 4 is 17.5 Å². The molecule has 1 fully saturated rings. The third kappa shape index (κ3) is 5.60. The fraction of sp³-hybridized carbons (Fsp3) is 0.423. The minimum atomic E-state index is -0.0308. The lowest BCUT2D eigenvalue weighted by atomic mass is 10.1. The van der Waals surface area contributed by atoms with E-state index in [1.54, 1.807) is 12.1 Å². The van der Waals surface area contributed by atoms with Gasteiger partial charge in [0.1, 0.15) is 0 Å². The van der Waals surface area contributed by atoms with Gasteiger partial charge in [-0.3, -0.25) is 9.69 Å². The monoisotopic (exact) mass is 496 g/mol. The first-order chi connectivity index (χ1) is 17.1. The van der Waals surface area contributed by atoms with E-state index in [0.717, 1.165) is 44.5 Å². The van der Waals surface area contributed by atoms with Crippen LogP contribution in [-0.2, 0) is 6.42 Å². The summed E-state index contributed by atoms with van der Waals surface area (Å²) in [6, 6.07) is 11.5. The highest BCUT2D eigenvalue weighted by Gasteiger charge is 2.25. The topological polar surface area (TPSA) is 80.9 Å². The predicted molar refractivity (Wildman–Crippen MR) is 132 cm³/mol. The van der Waals surface area contributed by atoms with Gasteiger partial charge in [-0.1, -0.05) is 46.6 Å². The Labute approximate surface area is 209 Å². The van der Waals surface area contributed by atoms with Gasteiger partial charge >= 0.3 is 0 Å². The number of amides is 1. The summed E-state index contributed by atoms with van der Waals surface area (Å²) < 4.78 is 16.8. The number of benzene rings is 2. The van der Waals surface area contributed by atoms with Crippen LogP contribution >= 0.6 is 11.6 Å². The Kier molecular flexibility index (Phi) is 7.20. The van der Waals surface area contributed by atoms with Gasteiger partial charge in [-0.05, 0) is 32.0 Å². The Balaban J connectivity index is 1.10. The molecule has 0 N–H and O–H groups in total. The molecule has 0 unspecified atom stereocenters. The average molecular weight is 497 g/mol. The number of piperazine rings is 1. The third-order valence-electron chi connectivity index (χ3n) is 6.35. The molecule has 0 bridgehead atoms. The van der Waals surface area contributed by atoms with Gasteiger partial charge in [-0.2, -0.15) is 4.98 Å². The molecule has 2 aromatic carbocycles. The first-order valence-electron chi connectivity index (χ1n) is 12.1. The van der Waals surface area contributed by atoms with E-state index < -0.39 is 0 Å². The van der Waals surface area contributed by atoms with Gasteiger partial charge in [0, 0.05) is 50.1 Å². The van der Waals surface area contributed by atoms with E-state index in [-0.39, 0.29) is 5.91 Å². The van der Waals surface area contributed by atoms with Crippen LogP contribution in [-0.4, -0.2) is 71.8 Å². The molecule has 1 amide bonds. The highest BCUT2D eigenvalue weighted by atomic mass is 35.5. The van der Waals surface area contributed by atoms with Gasteiger partial charge in [0.25, 0.3) is 5.91 Å². The van der Waals surface area contributed by atoms with E-state index in [4.69, 9.17) is 25.6 Å². The molecule has 0 saturated carbocycles. The lowest BCUT2D eigenvalue weighted by Gasteiger charge is -2.34. The molecule has 9 heteroatoms. The quantitative estimate of drug-likeness (QED) is 0.504. The molecule has 1 aromatic heterocycles. The van der Waals surface area contributed by atoms with Gasteiger partial charge in [-0.15, -0.1) is 0 Å². The molecule has 0 aliphatic carbocycles. The molecule has 0 atom stereocenters. The Morgan fingerprint density at radius 2 is 1.83 bits per heavy atom. The number of aryl methyl sites for hydroxylation is 2. The molecule has 5 rings (SSSR count). The molecule has 3 aromatic rings. The summed E-state index contributed by atoms with van der Waals surface area (Å²) in [5, 5.41) is 4.52. The summed E-state index contributed by atoms with van der Waals surface area (Å²) in [5.41, 5.74) is 2.69. The minimum absolute atomic E-state index is 0.0308. The lowest BCUT2D eigenvalue weighted by Crippen LogP contribution is -2.48. The SMILES string of the molecule is Cc1ccc(-c2noc(CCCN3CCN(C(=O)c4cc(Cl)c5c(c4)OCCCO5)CC3)n2)cc1. The van der Waals surface area contributed by atoms with Crippen molar-refractivity contribution in [2.45, 2.75) is 26.2 Å². The zero-order chi connectivity index (χ0) is 24.2. The number of nitrogens with zero attached hydrogens (tertiary/aromatic N) is 4. The van der Waals surface area contributed by atoms with Crippen molar-refractivity contribution in [3.63, 3.8) is 0 Å². The smallest absolute Gasteiger partial charge is 0.254 e. The van der Waals surface area contributed by atoms with Crippen molar-refractivity contribution in [2.24, 2.45) is 0 Å². The third-order valence-corrected chi connectivity index (χ3v) is 6.63. The predicted octanol–water partition coefficient (Wildman–Crippen LogP) is 4.25. The fourth-order valence-electron chi connectivity index (χ4n) is 4.34. The summed E-state index contributed by atoms with van der Waals surface area (Å²) in [4.78, 5) is 21.9. The van der Waals surface area contributed by atoms with E-state index in [9.17, 15) is 4.79 Å². The van der Waals surface area contributed by atoms with Gasteiger partial charge in [0.15, 0.2) is 11.5 Å². The van der Waals surface area contributed by atoms with Crippen LogP contribution in [0.25, 0.3) is 11.4 Å². The van der Waals surface area contributed by atoms with Gasteiger partial charge < -0.3 is 18.9 Å². The van der Waals surface area contributed by atoms with E-state index >= 15 is 0 Å². The highest BCUT2D eigenvalue weighted by molar-refractivity contribution is 6.32. The second-order valence-electron chi connectivity index (χ2n) is 8.95. The minimum Gasteiger partial charge on any atom is -0.489 e. The normalized spacial score (nSPS) is 16.2. The maximum absolute atomic E-state index is 13.1. The number of ether oxygens (including phenoxy) is 2. The van der Waals surface area contributed by atoms with Crippen LogP contribution < -0.4 is 9.47 Å². The van der Waals surface area contributed by atoms with E-state index in [1.807, 2.05) is 29.2 Å². The van der Waals surface area contributed by atoms with Crippen molar-refractivity contribution in [1.82, 2.24) is 19.9 Å². The summed E-state index contributed by atoms with van der Waals surface area (Å²) in [6.45, 7) is 7.06. The molecule has 0 spiro atoms. The summed E-state index contributed by atoms with van der Waals surface area (Å²) in [6.07, 6.45) is 2.44. The van der Waals surface area contributed by atoms with Gasteiger partial charge in [0.2, 0.25) is 11.7 Å². The average Bonchev–Trinajstić information content (AvgIpc) is 3.20. The van der Waals surface area contributed by atoms with Crippen LogP contribution in [0.4, 0.5) is 0 Å². The van der Waals surface area contributed by atoms with Crippen LogP contribution in [0.15, 0.2) is 40.9 Å². The number of aromatic nitrogens is 2. The van der Waals surface area contributed by atoms with E-state index in [0.29, 0.717) is 60.1 Å². The van der Waals surface area contributed by atoms with Crippen LogP contribution in [0, 0.1) is 6.92 Å². The molecule has 35 heavy (non-hydrogen) atoms. The highest BCUT2D eigenvalue weighted by Crippen LogP contribution is 2.38. The molecule has 0 radical (unpaired) electrons. The maximum Gasteiger partial charge on any atom is 0.254 e. The second kappa shape index (κ2) is 10.7. The molecule has 8 nitrogen and oxygen atoms in total. The standard InChI is InChI=1S/C26H29ClN4O4/c1-18-5-7-19(8-6-18)25-28-23(35-29-25)4-2-9-30-10-12-31(13-11-30)26(32)20-16-21(27)24-22(17-20)33-14-3-15-34-24/h5-8,16-17H,2-4,9-15H2,1H3.